The summed E-state index contributed by atoms with van der Waals surface area (Å²) in [6, 6.07) is 6.22. The summed E-state index contributed by atoms with van der Waals surface area (Å²) >= 11 is 1.08. The summed E-state index contributed by atoms with van der Waals surface area (Å²) in [6.45, 7) is 0.197. The van der Waals surface area contributed by atoms with Gasteiger partial charge in [-0.15, -0.1) is 0 Å². The van der Waals surface area contributed by atoms with Crippen LogP contribution in [0.25, 0.3) is 0 Å². The van der Waals surface area contributed by atoms with E-state index in [1.807, 2.05) is 0 Å². The first-order valence-electron chi connectivity index (χ1n) is 3.79. The Hall–Kier alpha value is -1.11. The molecule has 1 rings (SSSR count). The Morgan fingerprint density at radius 1 is 1.57 bits per heavy atom. The second-order valence-electron chi connectivity index (χ2n) is 2.42. The van der Waals surface area contributed by atoms with E-state index in [1.54, 1.807) is 18.4 Å². The molecular weight excluding hydrogens is 206 g/mol. The molecule has 0 amide bonds. The van der Waals surface area contributed by atoms with Crippen LogP contribution in [0.5, 0.6) is 0 Å². The summed E-state index contributed by atoms with van der Waals surface area (Å²) in [5.74, 6) is 0. The third-order valence-corrected chi connectivity index (χ3v) is 1.70. The molecule has 0 radical (unpaired) electrons. The molecule has 76 valence electrons. The molecule has 0 fully saturated rings. The van der Waals surface area contributed by atoms with Crippen LogP contribution in [0.4, 0.5) is 5.69 Å². The highest BCUT2D eigenvalue weighted by Crippen LogP contribution is 2.14. The predicted molar refractivity (Wildman–Crippen MR) is 52.5 cm³/mol. The first-order chi connectivity index (χ1) is 6.74. The van der Waals surface area contributed by atoms with Gasteiger partial charge in [-0.3, -0.25) is 10.1 Å². The Bertz CT molecular complexity index is 318. The zero-order valence-electron chi connectivity index (χ0n) is 7.50. The zero-order valence-corrected chi connectivity index (χ0v) is 8.32. The van der Waals surface area contributed by atoms with E-state index in [2.05, 4.69) is 4.33 Å². The highest BCUT2D eigenvalue weighted by molar-refractivity contribution is 7.93. The van der Waals surface area contributed by atoms with Crippen molar-refractivity contribution in [1.82, 2.24) is 0 Å². The predicted octanol–water partition coefficient (Wildman–Crippen LogP) is 2.32. The van der Waals surface area contributed by atoms with Crippen molar-refractivity contribution >= 4 is 17.7 Å². The van der Waals surface area contributed by atoms with Gasteiger partial charge in [-0.05, 0) is 5.56 Å². The third-order valence-electron chi connectivity index (χ3n) is 1.46. The number of nitro benzene ring substituents is 1. The number of benzene rings is 1. The molecule has 5 nitrogen and oxygen atoms in total. The van der Waals surface area contributed by atoms with Crippen molar-refractivity contribution < 1.29 is 14.1 Å². The maximum atomic E-state index is 10.4. The van der Waals surface area contributed by atoms with Crippen LogP contribution in [-0.2, 0) is 15.8 Å². The second-order valence-corrected chi connectivity index (χ2v) is 2.89. The molecular formula is C8H9NO4S. The second kappa shape index (κ2) is 5.58. The SMILES string of the molecule is CSOOCc1cccc([N+](=O)[O-])c1. The van der Waals surface area contributed by atoms with Gasteiger partial charge in [0.05, 0.1) is 4.92 Å². The summed E-state index contributed by atoms with van der Waals surface area (Å²) in [5.41, 5.74) is 0.753. The van der Waals surface area contributed by atoms with Crippen molar-refractivity contribution in [2.45, 2.75) is 6.61 Å². The lowest BCUT2D eigenvalue weighted by molar-refractivity contribution is -0.385. The van der Waals surface area contributed by atoms with Gasteiger partial charge in [0.15, 0.2) is 0 Å². The maximum Gasteiger partial charge on any atom is 0.269 e. The van der Waals surface area contributed by atoms with E-state index in [0.29, 0.717) is 5.56 Å². The Balaban J connectivity index is 2.59. The van der Waals surface area contributed by atoms with Gasteiger partial charge in [0.1, 0.15) is 6.61 Å². The molecule has 1 aromatic rings. The largest absolute Gasteiger partial charge is 0.269 e. The summed E-state index contributed by atoms with van der Waals surface area (Å²) in [4.78, 5) is 14.7. The minimum Gasteiger partial charge on any atom is -0.258 e. The van der Waals surface area contributed by atoms with Crippen molar-refractivity contribution in [3.63, 3.8) is 0 Å². The zero-order chi connectivity index (χ0) is 10.4. The van der Waals surface area contributed by atoms with Crippen LogP contribution in [0.2, 0.25) is 0 Å². The van der Waals surface area contributed by atoms with E-state index in [9.17, 15) is 10.1 Å². The van der Waals surface area contributed by atoms with E-state index in [4.69, 9.17) is 4.89 Å². The van der Waals surface area contributed by atoms with Crippen molar-refractivity contribution in [3.8, 4) is 0 Å². The fraction of sp³-hybridized carbons (Fsp3) is 0.250. The molecule has 14 heavy (non-hydrogen) atoms. The van der Waals surface area contributed by atoms with Gasteiger partial charge < -0.3 is 0 Å². The average Bonchev–Trinajstić information content (AvgIpc) is 2.19. The molecule has 0 unspecified atom stereocenters. The molecule has 0 aliphatic carbocycles. The summed E-state index contributed by atoms with van der Waals surface area (Å²) in [6.07, 6.45) is 1.72. The van der Waals surface area contributed by atoms with Crippen LogP contribution in [0.3, 0.4) is 0 Å². The molecule has 1 aromatic carbocycles. The molecule has 0 saturated carbocycles. The number of hydrogen-bond donors (Lipinski definition) is 0. The van der Waals surface area contributed by atoms with Crippen molar-refractivity contribution in [2.75, 3.05) is 6.26 Å². The van der Waals surface area contributed by atoms with Crippen LogP contribution < -0.4 is 0 Å². The normalized spacial score (nSPS) is 10.1. The lowest BCUT2D eigenvalue weighted by atomic mass is 10.2. The fourth-order valence-electron chi connectivity index (χ4n) is 0.900. The van der Waals surface area contributed by atoms with E-state index in [-0.39, 0.29) is 12.3 Å². The summed E-state index contributed by atoms with van der Waals surface area (Å²) in [5, 5.41) is 10.4. The first-order valence-corrected chi connectivity index (χ1v) is 4.94. The maximum absolute atomic E-state index is 10.4. The molecule has 0 bridgehead atoms. The molecule has 0 spiro atoms. The minimum atomic E-state index is -0.446. The van der Waals surface area contributed by atoms with Crippen molar-refractivity contribution in [1.29, 1.82) is 0 Å². The Morgan fingerprint density at radius 2 is 2.36 bits per heavy atom. The lowest BCUT2D eigenvalue weighted by Gasteiger charge is -2.00. The van der Waals surface area contributed by atoms with E-state index >= 15 is 0 Å². The van der Waals surface area contributed by atoms with E-state index in [1.165, 1.54) is 12.1 Å². The monoisotopic (exact) mass is 215 g/mol. The number of nitro groups is 1. The van der Waals surface area contributed by atoms with Crippen LogP contribution in [0, 0.1) is 10.1 Å². The van der Waals surface area contributed by atoms with Crippen molar-refractivity contribution in [2.24, 2.45) is 0 Å². The number of nitrogens with zero attached hydrogens (tertiary/aromatic N) is 1. The molecule has 0 aliphatic rings. The molecule has 0 aliphatic heterocycles. The van der Waals surface area contributed by atoms with Gasteiger partial charge in [0.2, 0.25) is 0 Å². The van der Waals surface area contributed by atoms with E-state index in [0.717, 1.165) is 12.0 Å². The van der Waals surface area contributed by atoms with Gasteiger partial charge in [0, 0.05) is 30.4 Å². The van der Waals surface area contributed by atoms with E-state index < -0.39 is 4.92 Å². The first kappa shape index (κ1) is 11.0. The van der Waals surface area contributed by atoms with Crippen LogP contribution in [-0.4, -0.2) is 11.2 Å². The summed E-state index contributed by atoms with van der Waals surface area (Å²) < 4.78 is 4.58. The molecule has 0 aromatic heterocycles. The van der Waals surface area contributed by atoms with Crippen LogP contribution >= 0.6 is 12.0 Å². The number of rotatable bonds is 5. The fourth-order valence-corrected chi connectivity index (χ4v) is 1.04. The summed E-state index contributed by atoms with van der Waals surface area (Å²) in [7, 11) is 0. The Morgan fingerprint density at radius 3 is 3.00 bits per heavy atom. The molecule has 0 atom stereocenters. The van der Waals surface area contributed by atoms with Gasteiger partial charge in [-0.25, -0.2) is 4.89 Å². The standard InChI is InChI=1S/C8H9NO4S/c1-14-13-12-6-7-3-2-4-8(5-7)9(10)11/h2-5H,6H2,1H3. The molecule has 0 saturated heterocycles. The Kier molecular flexibility index (Phi) is 4.37. The van der Waals surface area contributed by atoms with Gasteiger partial charge in [-0.1, -0.05) is 12.1 Å². The quantitative estimate of drug-likeness (QED) is 0.248. The van der Waals surface area contributed by atoms with Gasteiger partial charge in [0.25, 0.3) is 5.69 Å². The van der Waals surface area contributed by atoms with Gasteiger partial charge in [-0.2, -0.15) is 4.33 Å². The number of non-ortho nitro benzene ring substituents is 1. The molecule has 0 heterocycles. The molecule has 0 N–H and O–H groups in total. The topological polar surface area (TPSA) is 61.6 Å². The molecule has 6 heteroatoms. The van der Waals surface area contributed by atoms with Crippen LogP contribution in [0.15, 0.2) is 24.3 Å². The van der Waals surface area contributed by atoms with Crippen LogP contribution in [0.1, 0.15) is 5.56 Å². The average molecular weight is 215 g/mol. The van der Waals surface area contributed by atoms with Crippen molar-refractivity contribution in [3.05, 3.63) is 39.9 Å². The Labute approximate surface area is 85.3 Å². The highest BCUT2D eigenvalue weighted by atomic mass is 32.2. The smallest absolute Gasteiger partial charge is 0.258 e. The lowest BCUT2D eigenvalue weighted by Crippen LogP contribution is -1.92. The van der Waals surface area contributed by atoms with Gasteiger partial charge >= 0.3 is 0 Å². The number of hydrogen-bond acceptors (Lipinski definition) is 5. The highest BCUT2D eigenvalue weighted by Gasteiger charge is 2.05. The third kappa shape index (κ3) is 3.33. The minimum absolute atomic E-state index is 0.0512.